The van der Waals surface area contributed by atoms with E-state index >= 15 is 0 Å². The van der Waals surface area contributed by atoms with Crippen molar-refractivity contribution in [1.29, 1.82) is 0 Å². The Morgan fingerprint density at radius 3 is 2.65 bits per heavy atom. The zero-order chi connectivity index (χ0) is 14.7. The van der Waals surface area contributed by atoms with Crippen LogP contribution in [0.25, 0.3) is 0 Å². The number of anilines is 2. The van der Waals surface area contributed by atoms with Crippen LogP contribution in [0.5, 0.6) is 5.75 Å². The Morgan fingerprint density at radius 1 is 1.30 bits per heavy atom. The molecule has 0 atom stereocenters. The number of benzene rings is 2. The Labute approximate surface area is 130 Å². The Bertz CT molecular complexity index is 664. The van der Waals surface area contributed by atoms with Crippen molar-refractivity contribution in [2.24, 2.45) is 5.73 Å². The Kier molecular flexibility index (Phi) is 4.57. The molecule has 0 saturated carbocycles. The minimum atomic E-state index is -0.350. The molecule has 0 aliphatic heterocycles. The molecule has 2 aromatic rings. The van der Waals surface area contributed by atoms with Crippen LogP contribution in [-0.4, -0.2) is 12.1 Å². The number of rotatable bonds is 4. The lowest BCUT2D eigenvalue weighted by molar-refractivity contribution is 0.413. The number of hydrogen-bond acceptors (Lipinski definition) is 3. The first-order chi connectivity index (χ1) is 9.51. The molecule has 0 bridgehead atoms. The van der Waals surface area contributed by atoms with Crippen LogP contribution in [0, 0.1) is 5.82 Å². The van der Waals surface area contributed by atoms with E-state index in [2.05, 4.69) is 21.2 Å². The summed E-state index contributed by atoms with van der Waals surface area (Å²) < 4.78 is 19.1. The molecule has 0 saturated heterocycles. The second-order valence-corrected chi connectivity index (χ2v) is 5.32. The van der Waals surface area contributed by atoms with Gasteiger partial charge in [0.25, 0.3) is 0 Å². The number of methoxy groups -OCH3 is 1. The van der Waals surface area contributed by atoms with E-state index < -0.39 is 0 Å². The molecule has 2 aromatic carbocycles. The van der Waals surface area contributed by atoms with Gasteiger partial charge < -0.3 is 15.8 Å². The smallest absolute Gasteiger partial charge is 0.145 e. The average Bonchev–Trinajstić information content (AvgIpc) is 2.40. The fourth-order valence-electron chi connectivity index (χ4n) is 1.72. The number of nitrogens with two attached hydrogens (primary N) is 1. The minimum absolute atomic E-state index is 0.322. The van der Waals surface area contributed by atoms with Crippen molar-refractivity contribution in [3.8, 4) is 5.75 Å². The van der Waals surface area contributed by atoms with Crippen LogP contribution >= 0.6 is 28.1 Å². The van der Waals surface area contributed by atoms with Crippen molar-refractivity contribution in [2.75, 3.05) is 12.4 Å². The first-order valence-electron chi connectivity index (χ1n) is 5.71. The lowest BCUT2D eigenvalue weighted by Gasteiger charge is -2.12. The van der Waals surface area contributed by atoms with Gasteiger partial charge in [0, 0.05) is 21.8 Å². The Morgan fingerprint density at radius 2 is 2.05 bits per heavy atom. The molecule has 0 aliphatic carbocycles. The van der Waals surface area contributed by atoms with E-state index in [1.807, 2.05) is 18.2 Å². The highest BCUT2D eigenvalue weighted by molar-refractivity contribution is 9.10. The predicted octanol–water partition coefficient (Wildman–Crippen LogP) is 3.97. The van der Waals surface area contributed by atoms with Gasteiger partial charge in [-0.1, -0.05) is 12.2 Å². The van der Waals surface area contributed by atoms with Crippen LogP contribution in [0.15, 0.2) is 40.9 Å². The highest BCUT2D eigenvalue weighted by atomic mass is 79.9. The summed E-state index contributed by atoms with van der Waals surface area (Å²) in [6, 6.07) is 9.79. The average molecular weight is 355 g/mol. The zero-order valence-corrected chi connectivity index (χ0v) is 13.0. The van der Waals surface area contributed by atoms with Crippen molar-refractivity contribution in [3.63, 3.8) is 0 Å². The second kappa shape index (κ2) is 6.19. The largest absolute Gasteiger partial charge is 0.494 e. The van der Waals surface area contributed by atoms with E-state index in [9.17, 15) is 4.39 Å². The SMILES string of the molecule is COc1cc(F)ccc1Nc1ccc(C(N)=S)c(Br)c1. The molecule has 0 unspecified atom stereocenters. The molecule has 0 fully saturated rings. The maximum absolute atomic E-state index is 13.1. The van der Waals surface area contributed by atoms with Gasteiger partial charge in [-0.15, -0.1) is 0 Å². The fourth-order valence-corrected chi connectivity index (χ4v) is 2.62. The van der Waals surface area contributed by atoms with Crippen LogP contribution in [0.1, 0.15) is 5.56 Å². The molecule has 0 radical (unpaired) electrons. The van der Waals surface area contributed by atoms with Crippen LogP contribution in [0.3, 0.4) is 0 Å². The van der Waals surface area contributed by atoms with Crippen molar-refractivity contribution >= 4 is 44.5 Å². The normalized spacial score (nSPS) is 10.2. The Balaban J connectivity index is 2.31. The molecule has 2 rings (SSSR count). The quantitative estimate of drug-likeness (QED) is 0.815. The van der Waals surface area contributed by atoms with E-state index in [4.69, 9.17) is 22.7 Å². The summed E-state index contributed by atoms with van der Waals surface area (Å²) >= 11 is 8.35. The van der Waals surface area contributed by atoms with E-state index in [0.717, 1.165) is 15.7 Å². The minimum Gasteiger partial charge on any atom is -0.494 e. The number of thiocarbonyl (C=S) groups is 1. The highest BCUT2D eigenvalue weighted by Crippen LogP contribution is 2.30. The van der Waals surface area contributed by atoms with E-state index in [1.54, 1.807) is 6.07 Å². The van der Waals surface area contributed by atoms with Gasteiger partial charge in [-0.25, -0.2) is 4.39 Å². The zero-order valence-electron chi connectivity index (χ0n) is 10.6. The molecular formula is C14H12BrFN2OS. The summed E-state index contributed by atoms with van der Waals surface area (Å²) in [6.45, 7) is 0. The maximum atomic E-state index is 13.1. The number of halogens is 2. The number of hydrogen-bond donors (Lipinski definition) is 2. The predicted molar refractivity (Wildman–Crippen MR) is 86.3 cm³/mol. The first-order valence-corrected chi connectivity index (χ1v) is 6.91. The molecule has 0 aromatic heterocycles. The maximum Gasteiger partial charge on any atom is 0.145 e. The third kappa shape index (κ3) is 3.26. The van der Waals surface area contributed by atoms with E-state index in [0.29, 0.717) is 16.4 Å². The third-order valence-corrected chi connectivity index (χ3v) is 3.55. The summed E-state index contributed by atoms with van der Waals surface area (Å²) in [5, 5.41) is 3.15. The lowest BCUT2D eigenvalue weighted by atomic mass is 10.2. The Hall–Kier alpha value is -1.66. The van der Waals surface area contributed by atoms with Gasteiger partial charge in [0.2, 0.25) is 0 Å². The molecule has 3 nitrogen and oxygen atoms in total. The standard InChI is InChI=1S/C14H12BrFN2OS/c1-19-13-6-8(16)2-5-12(13)18-9-3-4-10(14(17)20)11(15)7-9/h2-7,18H,1H3,(H2,17,20). The molecule has 0 heterocycles. The second-order valence-electron chi connectivity index (χ2n) is 4.03. The van der Waals surface area contributed by atoms with Crippen LogP contribution < -0.4 is 15.8 Å². The van der Waals surface area contributed by atoms with Crippen molar-refractivity contribution in [2.45, 2.75) is 0 Å². The molecule has 20 heavy (non-hydrogen) atoms. The molecule has 104 valence electrons. The first kappa shape index (κ1) is 14.7. The molecule has 0 amide bonds. The lowest BCUT2D eigenvalue weighted by Crippen LogP contribution is -2.10. The van der Waals surface area contributed by atoms with Gasteiger partial charge in [-0.3, -0.25) is 0 Å². The van der Waals surface area contributed by atoms with Gasteiger partial charge in [0.1, 0.15) is 16.6 Å². The topological polar surface area (TPSA) is 47.3 Å². The summed E-state index contributed by atoms with van der Waals surface area (Å²) in [6.07, 6.45) is 0. The van der Waals surface area contributed by atoms with Gasteiger partial charge in [-0.2, -0.15) is 0 Å². The van der Waals surface area contributed by atoms with E-state index in [1.165, 1.54) is 19.2 Å². The monoisotopic (exact) mass is 354 g/mol. The van der Waals surface area contributed by atoms with Crippen LogP contribution in [0.2, 0.25) is 0 Å². The number of ether oxygens (including phenoxy) is 1. The van der Waals surface area contributed by atoms with E-state index in [-0.39, 0.29) is 5.82 Å². The van der Waals surface area contributed by atoms with Crippen molar-refractivity contribution in [3.05, 3.63) is 52.3 Å². The van der Waals surface area contributed by atoms with Crippen LogP contribution in [-0.2, 0) is 0 Å². The fraction of sp³-hybridized carbons (Fsp3) is 0.0714. The van der Waals surface area contributed by atoms with Gasteiger partial charge in [0.05, 0.1) is 12.8 Å². The van der Waals surface area contributed by atoms with Crippen LogP contribution in [0.4, 0.5) is 15.8 Å². The van der Waals surface area contributed by atoms with Crippen molar-refractivity contribution in [1.82, 2.24) is 0 Å². The van der Waals surface area contributed by atoms with Gasteiger partial charge in [-0.05, 0) is 46.3 Å². The molecular weight excluding hydrogens is 343 g/mol. The van der Waals surface area contributed by atoms with Crippen molar-refractivity contribution < 1.29 is 9.13 Å². The summed E-state index contributed by atoms with van der Waals surface area (Å²) in [7, 11) is 1.49. The summed E-state index contributed by atoms with van der Waals surface area (Å²) in [5.41, 5.74) is 7.84. The van der Waals surface area contributed by atoms with Gasteiger partial charge in [0.15, 0.2) is 0 Å². The highest BCUT2D eigenvalue weighted by Gasteiger charge is 2.07. The molecule has 6 heteroatoms. The summed E-state index contributed by atoms with van der Waals surface area (Å²) in [4.78, 5) is 0.322. The molecule has 3 N–H and O–H groups in total. The van der Waals surface area contributed by atoms with Gasteiger partial charge >= 0.3 is 0 Å². The molecule has 0 aliphatic rings. The summed E-state index contributed by atoms with van der Waals surface area (Å²) in [5.74, 6) is 0.0805. The third-order valence-electron chi connectivity index (χ3n) is 2.68. The number of nitrogens with one attached hydrogen (secondary N) is 1. The molecule has 0 spiro atoms.